The third-order valence-electron chi connectivity index (χ3n) is 6.90. The van der Waals surface area contributed by atoms with Gasteiger partial charge < -0.3 is 9.47 Å². The van der Waals surface area contributed by atoms with E-state index in [0.29, 0.717) is 31.9 Å². The van der Waals surface area contributed by atoms with E-state index in [2.05, 4.69) is 6.07 Å². The van der Waals surface area contributed by atoms with E-state index >= 15 is 0 Å². The molecule has 9 heteroatoms. The lowest BCUT2D eigenvalue weighted by Gasteiger charge is -2.24. The molecule has 1 atom stereocenters. The molecule has 2 aromatic heterocycles. The lowest BCUT2D eigenvalue weighted by atomic mass is 9.97. The van der Waals surface area contributed by atoms with Crippen LogP contribution >= 0.6 is 22.7 Å². The highest BCUT2D eigenvalue weighted by molar-refractivity contribution is 7.10. The number of rotatable bonds is 8. The number of hydrogen-bond donors (Lipinski definition) is 0. The fraction of sp³-hybridized carbons (Fsp3) is 0.118. The van der Waals surface area contributed by atoms with E-state index < -0.39 is 12.0 Å². The molecule has 1 aliphatic heterocycles. The number of nitriles is 1. The zero-order valence-corrected chi connectivity index (χ0v) is 24.7. The molecule has 0 aliphatic carbocycles. The van der Waals surface area contributed by atoms with Crippen LogP contribution in [0.1, 0.15) is 40.1 Å². The molecule has 5 aromatic rings. The van der Waals surface area contributed by atoms with Gasteiger partial charge in [0.05, 0.1) is 34.0 Å². The molecule has 43 heavy (non-hydrogen) atoms. The van der Waals surface area contributed by atoms with Crippen molar-refractivity contribution in [3.05, 3.63) is 149 Å². The Balaban J connectivity index is 1.40. The number of thiophene rings is 1. The van der Waals surface area contributed by atoms with Crippen LogP contribution in [0.2, 0.25) is 0 Å². The monoisotopic (exact) mass is 603 g/mol. The number of benzene rings is 3. The molecule has 0 spiro atoms. The third-order valence-corrected chi connectivity index (χ3v) is 8.80. The van der Waals surface area contributed by atoms with E-state index in [4.69, 9.17) is 14.5 Å². The molecule has 0 saturated carbocycles. The number of ether oxygens (including phenoxy) is 2. The van der Waals surface area contributed by atoms with Crippen LogP contribution in [0.15, 0.2) is 112 Å². The van der Waals surface area contributed by atoms with Gasteiger partial charge in [0.1, 0.15) is 18.4 Å². The Kier molecular flexibility index (Phi) is 8.13. The molecule has 1 aliphatic rings. The highest BCUT2D eigenvalue weighted by Gasteiger charge is 2.35. The van der Waals surface area contributed by atoms with Crippen LogP contribution in [0.4, 0.5) is 0 Å². The number of thiazole rings is 1. The molecule has 7 nitrogen and oxygen atoms in total. The first-order valence-electron chi connectivity index (χ1n) is 13.6. The van der Waals surface area contributed by atoms with Crippen LogP contribution in [0.25, 0.3) is 11.8 Å². The number of carbonyl (C=O) groups is 1. The first-order chi connectivity index (χ1) is 21.1. The molecule has 0 fully saturated rings. The topological polar surface area (TPSA) is 93.7 Å². The normalized spacial score (nSPS) is 14.5. The summed E-state index contributed by atoms with van der Waals surface area (Å²) >= 11 is 2.76. The molecule has 0 bridgehead atoms. The summed E-state index contributed by atoms with van der Waals surface area (Å²) in [5.74, 6) is 0.154. The Hall–Kier alpha value is -5.04. The third kappa shape index (κ3) is 5.71. The number of carbonyl (C=O) groups excluding carboxylic acids is 1. The van der Waals surface area contributed by atoms with E-state index in [1.165, 1.54) is 22.7 Å². The van der Waals surface area contributed by atoms with Gasteiger partial charge in [0, 0.05) is 16.0 Å². The van der Waals surface area contributed by atoms with Crippen molar-refractivity contribution in [1.82, 2.24) is 4.57 Å². The summed E-state index contributed by atoms with van der Waals surface area (Å²) in [4.78, 5) is 33.6. The molecule has 0 N–H and O–H groups in total. The fourth-order valence-electron chi connectivity index (χ4n) is 4.88. The van der Waals surface area contributed by atoms with Gasteiger partial charge in [0.25, 0.3) is 5.56 Å². The lowest BCUT2D eigenvalue weighted by molar-refractivity contribution is -0.138. The standard InChI is InChI=1S/C34H25N3O4S2/c1-2-40-33(39)29-30(23-9-4-3-5-10-23)36-34-37(31(29)27-13-8-18-42-27)32(38)28(43-34)19-22-14-16-26(17-15-22)41-21-25-12-7-6-11-24(25)20-35/h3-19,31H,2,21H2,1H3/b28-19-/t31-/m1/s1. The molecule has 3 aromatic carbocycles. The summed E-state index contributed by atoms with van der Waals surface area (Å²) in [6, 6.07) is 29.6. The summed E-state index contributed by atoms with van der Waals surface area (Å²) in [5.41, 5.74) is 3.60. The van der Waals surface area contributed by atoms with Gasteiger partial charge in [-0.3, -0.25) is 9.36 Å². The minimum atomic E-state index is -0.667. The fourth-order valence-corrected chi connectivity index (χ4v) is 6.71. The van der Waals surface area contributed by atoms with Gasteiger partial charge in [-0.2, -0.15) is 5.26 Å². The molecule has 0 unspecified atom stereocenters. The second-order valence-electron chi connectivity index (χ2n) is 9.57. The first-order valence-corrected chi connectivity index (χ1v) is 15.3. The Morgan fingerprint density at radius 2 is 1.79 bits per heavy atom. The average molecular weight is 604 g/mol. The first kappa shape index (κ1) is 28.1. The highest BCUT2D eigenvalue weighted by Crippen LogP contribution is 2.36. The van der Waals surface area contributed by atoms with Crippen molar-refractivity contribution in [1.29, 1.82) is 5.26 Å². The molecule has 3 heterocycles. The summed E-state index contributed by atoms with van der Waals surface area (Å²) in [6.45, 7) is 2.24. The predicted octanol–water partition coefficient (Wildman–Crippen LogP) is 5.45. The molecule has 0 radical (unpaired) electrons. The smallest absolute Gasteiger partial charge is 0.338 e. The van der Waals surface area contributed by atoms with E-state index in [9.17, 15) is 14.9 Å². The predicted molar refractivity (Wildman–Crippen MR) is 167 cm³/mol. The van der Waals surface area contributed by atoms with Crippen LogP contribution in [0.3, 0.4) is 0 Å². The van der Waals surface area contributed by atoms with Gasteiger partial charge in [-0.25, -0.2) is 9.79 Å². The molecular weight excluding hydrogens is 579 g/mol. The number of hydrogen-bond acceptors (Lipinski definition) is 8. The Morgan fingerprint density at radius 3 is 2.51 bits per heavy atom. The SMILES string of the molecule is CCOC(=O)C1=C(c2ccccc2)N=c2s/c(=C\c3ccc(OCc4ccccc4C#N)cc3)c(=O)n2[C@@H]1c1cccs1. The van der Waals surface area contributed by atoms with Crippen molar-refractivity contribution in [3.63, 3.8) is 0 Å². The number of esters is 1. The van der Waals surface area contributed by atoms with Crippen molar-refractivity contribution in [3.8, 4) is 11.8 Å². The van der Waals surface area contributed by atoms with Crippen LogP contribution < -0.4 is 19.6 Å². The average Bonchev–Trinajstić information content (AvgIpc) is 3.69. The van der Waals surface area contributed by atoms with Crippen molar-refractivity contribution in [2.24, 2.45) is 4.99 Å². The number of aromatic nitrogens is 1. The second-order valence-corrected chi connectivity index (χ2v) is 11.6. The Labute approximate surface area is 255 Å². The maximum Gasteiger partial charge on any atom is 0.338 e. The van der Waals surface area contributed by atoms with Gasteiger partial charge >= 0.3 is 5.97 Å². The van der Waals surface area contributed by atoms with Crippen LogP contribution in [-0.2, 0) is 16.1 Å². The molecular formula is C34H25N3O4S2. The second kappa shape index (κ2) is 12.4. The van der Waals surface area contributed by atoms with Crippen molar-refractivity contribution >= 4 is 40.4 Å². The van der Waals surface area contributed by atoms with E-state index in [-0.39, 0.29) is 18.8 Å². The molecule has 0 saturated heterocycles. The quantitative estimate of drug-likeness (QED) is 0.220. The largest absolute Gasteiger partial charge is 0.489 e. The minimum Gasteiger partial charge on any atom is -0.489 e. The van der Waals surface area contributed by atoms with Gasteiger partial charge in [-0.15, -0.1) is 11.3 Å². The van der Waals surface area contributed by atoms with Gasteiger partial charge in [0.2, 0.25) is 0 Å². The molecule has 212 valence electrons. The Morgan fingerprint density at radius 1 is 1.02 bits per heavy atom. The summed E-state index contributed by atoms with van der Waals surface area (Å²) in [6.07, 6.45) is 1.82. The summed E-state index contributed by atoms with van der Waals surface area (Å²) in [7, 11) is 0. The number of fused-ring (bicyclic) bond motifs is 1. The maximum absolute atomic E-state index is 13.9. The van der Waals surface area contributed by atoms with Gasteiger partial charge in [-0.1, -0.05) is 78.1 Å². The van der Waals surface area contributed by atoms with Crippen LogP contribution in [-0.4, -0.2) is 17.1 Å². The van der Waals surface area contributed by atoms with Crippen LogP contribution in [0, 0.1) is 11.3 Å². The zero-order chi connectivity index (χ0) is 29.8. The molecule has 6 rings (SSSR count). The zero-order valence-electron chi connectivity index (χ0n) is 23.1. The highest BCUT2D eigenvalue weighted by atomic mass is 32.1. The number of nitrogens with zero attached hydrogens (tertiary/aromatic N) is 3. The van der Waals surface area contributed by atoms with Crippen molar-refractivity contribution in [2.75, 3.05) is 6.61 Å². The van der Waals surface area contributed by atoms with Gasteiger partial charge in [-0.05, 0) is 48.2 Å². The van der Waals surface area contributed by atoms with E-state index in [1.54, 1.807) is 17.6 Å². The summed E-state index contributed by atoms with van der Waals surface area (Å²) < 4.78 is 13.5. The van der Waals surface area contributed by atoms with E-state index in [1.807, 2.05) is 96.4 Å². The molecule has 0 amide bonds. The van der Waals surface area contributed by atoms with E-state index in [0.717, 1.165) is 21.6 Å². The summed E-state index contributed by atoms with van der Waals surface area (Å²) in [5, 5.41) is 11.2. The van der Waals surface area contributed by atoms with Crippen molar-refractivity contribution < 1.29 is 14.3 Å². The van der Waals surface area contributed by atoms with Crippen LogP contribution in [0.5, 0.6) is 5.75 Å². The minimum absolute atomic E-state index is 0.205. The van der Waals surface area contributed by atoms with Gasteiger partial charge in [0.15, 0.2) is 4.80 Å². The maximum atomic E-state index is 13.9. The van der Waals surface area contributed by atoms with Crippen molar-refractivity contribution in [2.45, 2.75) is 19.6 Å². The lowest BCUT2D eigenvalue weighted by Crippen LogP contribution is -2.39. The Bertz CT molecular complexity index is 2040.